The zero-order valence-corrected chi connectivity index (χ0v) is 14.9. The van der Waals surface area contributed by atoms with Crippen molar-refractivity contribution in [3.8, 4) is 0 Å². The summed E-state index contributed by atoms with van der Waals surface area (Å²) in [6.07, 6.45) is 2.83. The van der Waals surface area contributed by atoms with Crippen molar-refractivity contribution in [2.75, 3.05) is 5.32 Å². The van der Waals surface area contributed by atoms with Gasteiger partial charge in [0.15, 0.2) is 23.3 Å². The van der Waals surface area contributed by atoms with Gasteiger partial charge in [-0.3, -0.25) is 14.2 Å². The third-order valence-corrected chi connectivity index (χ3v) is 4.20. The molecule has 148 valence electrons. The molecule has 0 radical (unpaired) electrons. The summed E-state index contributed by atoms with van der Waals surface area (Å²) in [5, 5.41) is 10.5. The maximum absolute atomic E-state index is 13.9. The number of aryl methyl sites for hydroxylation is 2. The van der Waals surface area contributed by atoms with E-state index in [4.69, 9.17) is 0 Å². The van der Waals surface area contributed by atoms with Crippen LogP contribution in [0.1, 0.15) is 27.3 Å². The van der Waals surface area contributed by atoms with Crippen molar-refractivity contribution in [1.82, 2.24) is 19.6 Å². The third-order valence-electron chi connectivity index (χ3n) is 4.20. The minimum Gasteiger partial charge on any atom is -0.319 e. The lowest BCUT2D eigenvalue weighted by molar-refractivity contribution is 0.102. The molecular formula is C17H14F5N5O. The molecule has 2 heterocycles. The standard InChI is InChI=1S/C17H14F5N5O/c1-7-16(24-17(28)9-4-23-26(3)5-9)8(2)27(25-7)6-10-11(18)13(20)15(22)14(21)12(10)19/h4-5H,6H2,1-3H3,(H,24,28). The highest BCUT2D eigenvalue weighted by molar-refractivity contribution is 6.04. The molecule has 0 unspecified atom stereocenters. The fraction of sp³-hybridized carbons (Fsp3) is 0.235. The van der Waals surface area contributed by atoms with Gasteiger partial charge in [-0.05, 0) is 13.8 Å². The van der Waals surface area contributed by atoms with Crippen molar-refractivity contribution in [3.63, 3.8) is 0 Å². The van der Waals surface area contributed by atoms with Gasteiger partial charge in [-0.2, -0.15) is 10.2 Å². The van der Waals surface area contributed by atoms with Crippen molar-refractivity contribution < 1.29 is 26.7 Å². The molecule has 3 rings (SSSR count). The molecule has 0 spiro atoms. The lowest BCUT2D eigenvalue weighted by atomic mass is 10.1. The Kier molecular flexibility index (Phi) is 4.92. The maximum Gasteiger partial charge on any atom is 0.258 e. The summed E-state index contributed by atoms with van der Waals surface area (Å²) in [4.78, 5) is 12.3. The number of halogens is 5. The van der Waals surface area contributed by atoms with E-state index in [1.165, 1.54) is 30.9 Å². The SMILES string of the molecule is Cc1nn(Cc2c(F)c(F)c(F)c(F)c2F)c(C)c1NC(=O)c1cnn(C)c1. The van der Waals surface area contributed by atoms with E-state index in [1.807, 2.05) is 0 Å². The van der Waals surface area contributed by atoms with Gasteiger partial charge < -0.3 is 5.32 Å². The van der Waals surface area contributed by atoms with Gasteiger partial charge in [-0.25, -0.2) is 22.0 Å². The number of carbonyl (C=O) groups is 1. The number of benzene rings is 1. The topological polar surface area (TPSA) is 64.7 Å². The lowest BCUT2D eigenvalue weighted by Crippen LogP contribution is -2.14. The predicted molar refractivity (Wildman–Crippen MR) is 88.2 cm³/mol. The van der Waals surface area contributed by atoms with Crippen molar-refractivity contribution in [2.45, 2.75) is 20.4 Å². The second-order valence-electron chi connectivity index (χ2n) is 6.11. The third kappa shape index (κ3) is 3.23. The van der Waals surface area contributed by atoms with Crippen LogP contribution in [0.4, 0.5) is 27.6 Å². The van der Waals surface area contributed by atoms with E-state index in [0.717, 1.165) is 4.68 Å². The lowest BCUT2D eigenvalue weighted by Gasteiger charge is -2.10. The van der Waals surface area contributed by atoms with Gasteiger partial charge in [-0.1, -0.05) is 0 Å². The van der Waals surface area contributed by atoms with Crippen molar-refractivity contribution in [3.05, 3.63) is 64.0 Å². The summed E-state index contributed by atoms with van der Waals surface area (Å²) in [7, 11) is 1.63. The average Bonchev–Trinajstić information content (AvgIpc) is 3.20. The molecule has 11 heteroatoms. The second-order valence-corrected chi connectivity index (χ2v) is 6.11. The van der Waals surface area contributed by atoms with Crippen molar-refractivity contribution >= 4 is 11.6 Å². The molecule has 3 aromatic rings. The van der Waals surface area contributed by atoms with E-state index in [-0.39, 0.29) is 16.9 Å². The molecule has 0 aliphatic carbocycles. The molecule has 6 nitrogen and oxygen atoms in total. The Bertz CT molecular complexity index is 1060. The van der Waals surface area contributed by atoms with Gasteiger partial charge in [-0.15, -0.1) is 0 Å². The fourth-order valence-electron chi connectivity index (χ4n) is 2.69. The zero-order valence-electron chi connectivity index (χ0n) is 14.9. The first-order valence-electron chi connectivity index (χ1n) is 7.96. The normalized spacial score (nSPS) is 11.1. The Labute approximate surface area is 155 Å². The Morgan fingerprint density at radius 2 is 1.61 bits per heavy atom. The number of rotatable bonds is 4. The highest BCUT2D eigenvalue weighted by Gasteiger charge is 2.27. The predicted octanol–water partition coefficient (Wildman–Crippen LogP) is 3.23. The number of carbonyl (C=O) groups excluding carboxylic acids is 1. The Hall–Kier alpha value is -3.24. The fourth-order valence-corrected chi connectivity index (χ4v) is 2.69. The number of aromatic nitrogens is 4. The number of nitrogens with zero attached hydrogens (tertiary/aromatic N) is 4. The van der Waals surface area contributed by atoms with Crippen LogP contribution < -0.4 is 5.32 Å². The van der Waals surface area contributed by atoms with E-state index in [0.29, 0.717) is 5.69 Å². The minimum atomic E-state index is -2.23. The van der Waals surface area contributed by atoms with Crippen LogP contribution in [0.25, 0.3) is 0 Å². The summed E-state index contributed by atoms with van der Waals surface area (Å²) in [6, 6.07) is 0. The molecule has 0 saturated carbocycles. The van der Waals surface area contributed by atoms with Crippen LogP contribution in [0.5, 0.6) is 0 Å². The number of amides is 1. The monoisotopic (exact) mass is 399 g/mol. The number of hydrogen-bond acceptors (Lipinski definition) is 3. The highest BCUT2D eigenvalue weighted by atomic mass is 19.2. The van der Waals surface area contributed by atoms with Gasteiger partial charge in [0.1, 0.15) is 0 Å². The van der Waals surface area contributed by atoms with E-state index in [1.54, 1.807) is 7.05 Å². The first kappa shape index (κ1) is 19.5. The summed E-state index contributed by atoms with van der Waals surface area (Å²) in [5.74, 6) is -10.6. The van der Waals surface area contributed by atoms with Crippen LogP contribution in [0.2, 0.25) is 0 Å². The van der Waals surface area contributed by atoms with Crippen LogP contribution in [0.15, 0.2) is 12.4 Å². The number of nitrogens with one attached hydrogen (secondary N) is 1. The zero-order chi connectivity index (χ0) is 20.7. The van der Waals surface area contributed by atoms with E-state index in [9.17, 15) is 26.7 Å². The Balaban J connectivity index is 1.94. The highest BCUT2D eigenvalue weighted by Crippen LogP contribution is 2.26. The summed E-state index contributed by atoms with van der Waals surface area (Å²) >= 11 is 0. The largest absolute Gasteiger partial charge is 0.319 e. The van der Waals surface area contributed by atoms with Gasteiger partial charge in [0.25, 0.3) is 5.91 Å². The maximum atomic E-state index is 13.9. The molecule has 2 aromatic heterocycles. The molecule has 0 saturated heterocycles. The van der Waals surface area contributed by atoms with Gasteiger partial charge in [0.05, 0.1) is 40.9 Å². The summed E-state index contributed by atoms with van der Waals surface area (Å²) in [6.45, 7) is 2.31. The molecule has 0 aliphatic heterocycles. The number of hydrogen-bond donors (Lipinski definition) is 1. The van der Waals surface area contributed by atoms with Crippen LogP contribution >= 0.6 is 0 Å². The Morgan fingerprint density at radius 3 is 2.14 bits per heavy atom. The van der Waals surface area contributed by atoms with Crippen molar-refractivity contribution in [1.29, 1.82) is 0 Å². The van der Waals surface area contributed by atoms with Crippen molar-refractivity contribution in [2.24, 2.45) is 7.05 Å². The Morgan fingerprint density at radius 1 is 1.04 bits per heavy atom. The van der Waals surface area contributed by atoms with Gasteiger partial charge in [0, 0.05) is 13.2 Å². The molecule has 1 amide bonds. The van der Waals surface area contributed by atoms with Crippen LogP contribution in [-0.4, -0.2) is 25.5 Å². The molecular weight excluding hydrogens is 385 g/mol. The first-order valence-corrected chi connectivity index (χ1v) is 7.96. The summed E-state index contributed by atoms with van der Waals surface area (Å²) in [5.41, 5.74) is 0.0935. The molecule has 0 fully saturated rings. The molecule has 0 aliphatic rings. The summed E-state index contributed by atoms with van der Waals surface area (Å²) < 4.78 is 70.3. The van der Waals surface area contributed by atoms with Crippen LogP contribution in [0, 0.1) is 42.9 Å². The molecule has 1 N–H and O–H groups in total. The smallest absolute Gasteiger partial charge is 0.258 e. The van der Waals surface area contributed by atoms with Crippen LogP contribution in [0.3, 0.4) is 0 Å². The number of anilines is 1. The minimum absolute atomic E-state index is 0.262. The molecule has 0 atom stereocenters. The second kappa shape index (κ2) is 7.06. The first-order chi connectivity index (χ1) is 13.1. The van der Waals surface area contributed by atoms with Gasteiger partial charge in [0.2, 0.25) is 5.82 Å². The van der Waals surface area contributed by atoms with E-state index < -0.39 is 47.1 Å². The average molecular weight is 399 g/mol. The molecule has 1 aromatic carbocycles. The van der Waals surface area contributed by atoms with E-state index in [2.05, 4.69) is 15.5 Å². The molecule has 28 heavy (non-hydrogen) atoms. The van der Waals surface area contributed by atoms with E-state index >= 15 is 0 Å². The van der Waals surface area contributed by atoms with Crippen LogP contribution in [-0.2, 0) is 13.6 Å². The van der Waals surface area contributed by atoms with Gasteiger partial charge >= 0.3 is 0 Å². The molecule has 0 bridgehead atoms. The quantitative estimate of drug-likeness (QED) is 0.416.